The van der Waals surface area contributed by atoms with Gasteiger partial charge in [-0.2, -0.15) is 0 Å². The van der Waals surface area contributed by atoms with Crippen LogP contribution in [0.4, 0.5) is 5.69 Å². The van der Waals surface area contributed by atoms with Crippen molar-refractivity contribution in [2.45, 2.75) is 19.5 Å². The lowest BCUT2D eigenvalue weighted by Gasteiger charge is -2.20. The van der Waals surface area contributed by atoms with Crippen LogP contribution in [0.15, 0.2) is 53.1 Å². The fraction of sp³-hybridized carbons (Fsp3) is 0.267. The average molecular weight is 259 g/mol. The summed E-state index contributed by atoms with van der Waals surface area (Å²) in [5, 5.41) is 2.91. The Morgan fingerprint density at radius 3 is 2.63 bits per heavy atom. The van der Waals surface area contributed by atoms with Gasteiger partial charge in [0.25, 0.3) is 5.91 Å². The van der Waals surface area contributed by atoms with Crippen LogP contribution >= 0.6 is 0 Å². The minimum Gasteiger partial charge on any atom is -0.463 e. The lowest BCUT2D eigenvalue weighted by Crippen LogP contribution is -3.12. The second kappa shape index (κ2) is 6.20. The fourth-order valence-corrected chi connectivity index (χ4v) is 1.84. The van der Waals surface area contributed by atoms with Crippen molar-refractivity contribution in [3.05, 3.63) is 54.5 Å². The van der Waals surface area contributed by atoms with Crippen LogP contribution in [0.2, 0.25) is 0 Å². The first-order chi connectivity index (χ1) is 9.16. The van der Waals surface area contributed by atoms with Crippen molar-refractivity contribution >= 4 is 11.6 Å². The summed E-state index contributed by atoms with van der Waals surface area (Å²) < 4.78 is 5.30. The largest absolute Gasteiger partial charge is 0.463 e. The van der Waals surface area contributed by atoms with Crippen LogP contribution in [0.3, 0.4) is 0 Å². The molecular formula is C15H19N2O2+. The second-order valence-electron chi connectivity index (χ2n) is 4.68. The standard InChI is InChI=1S/C15H18N2O2/c1-12(17(2)11-14-9-6-10-19-14)15(18)16-13-7-4-3-5-8-13/h3-10,12H,11H2,1-2H3,(H,16,18)/p+1/t12-/m1/s1. The summed E-state index contributed by atoms with van der Waals surface area (Å²) in [7, 11) is 1.98. The Kier molecular flexibility index (Phi) is 4.36. The molecule has 100 valence electrons. The number of nitrogens with one attached hydrogen (secondary N) is 2. The molecule has 0 aliphatic rings. The number of anilines is 1. The van der Waals surface area contributed by atoms with Crippen molar-refractivity contribution in [3.63, 3.8) is 0 Å². The zero-order valence-corrected chi connectivity index (χ0v) is 11.2. The van der Waals surface area contributed by atoms with Gasteiger partial charge >= 0.3 is 0 Å². The van der Waals surface area contributed by atoms with E-state index in [0.29, 0.717) is 6.54 Å². The van der Waals surface area contributed by atoms with Gasteiger partial charge < -0.3 is 14.6 Å². The van der Waals surface area contributed by atoms with Crippen LogP contribution < -0.4 is 10.2 Å². The Bertz CT molecular complexity index is 508. The number of carbonyl (C=O) groups excluding carboxylic acids is 1. The van der Waals surface area contributed by atoms with Crippen LogP contribution in [-0.2, 0) is 11.3 Å². The molecule has 1 amide bonds. The molecule has 0 radical (unpaired) electrons. The number of rotatable bonds is 5. The van der Waals surface area contributed by atoms with Gasteiger partial charge in [-0.25, -0.2) is 0 Å². The van der Waals surface area contributed by atoms with Crippen LogP contribution in [0, 0.1) is 0 Å². The highest BCUT2D eigenvalue weighted by Gasteiger charge is 2.22. The molecule has 2 aromatic rings. The van der Waals surface area contributed by atoms with Crippen molar-refractivity contribution in [2.24, 2.45) is 0 Å². The van der Waals surface area contributed by atoms with Gasteiger partial charge in [-0.15, -0.1) is 0 Å². The molecule has 0 fully saturated rings. The summed E-state index contributed by atoms with van der Waals surface area (Å²) in [6.45, 7) is 2.60. The second-order valence-corrected chi connectivity index (χ2v) is 4.68. The van der Waals surface area contributed by atoms with E-state index in [-0.39, 0.29) is 11.9 Å². The van der Waals surface area contributed by atoms with E-state index in [4.69, 9.17) is 4.42 Å². The van der Waals surface area contributed by atoms with E-state index in [1.807, 2.05) is 56.4 Å². The third-order valence-corrected chi connectivity index (χ3v) is 3.21. The van der Waals surface area contributed by atoms with E-state index >= 15 is 0 Å². The number of amides is 1. The van der Waals surface area contributed by atoms with E-state index in [0.717, 1.165) is 16.3 Å². The van der Waals surface area contributed by atoms with Crippen molar-refractivity contribution in [3.8, 4) is 0 Å². The maximum absolute atomic E-state index is 12.1. The quantitative estimate of drug-likeness (QED) is 0.850. The summed E-state index contributed by atoms with van der Waals surface area (Å²) in [5.74, 6) is 0.895. The first kappa shape index (κ1) is 13.4. The molecule has 1 unspecified atom stereocenters. The molecule has 4 heteroatoms. The van der Waals surface area contributed by atoms with E-state index in [2.05, 4.69) is 5.32 Å². The van der Waals surface area contributed by atoms with Crippen LogP contribution in [0.1, 0.15) is 12.7 Å². The first-order valence-corrected chi connectivity index (χ1v) is 6.37. The number of para-hydroxylation sites is 1. The molecular weight excluding hydrogens is 240 g/mol. The van der Waals surface area contributed by atoms with Crippen molar-refractivity contribution in [2.75, 3.05) is 12.4 Å². The Balaban J connectivity index is 1.91. The van der Waals surface area contributed by atoms with Crippen molar-refractivity contribution < 1.29 is 14.1 Å². The molecule has 0 saturated carbocycles. The Hall–Kier alpha value is -2.07. The van der Waals surface area contributed by atoms with Crippen LogP contribution in [0.5, 0.6) is 0 Å². The van der Waals surface area contributed by atoms with Gasteiger partial charge in [-0.05, 0) is 31.2 Å². The lowest BCUT2D eigenvalue weighted by molar-refractivity contribution is -0.908. The van der Waals surface area contributed by atoms with Crippen molar-refractivity contribution in [1.29, 1.82) is 0 Å². The Labute approximate surface area is 113 Å². The van der Waals surface area contributed by atoms with Crippen LogP contribution in [0.25, 0.3) is 0 Å². The first-order valence-electron chi connectivity index (χ1n) is 6.37. The summed E-state index contributed by atoms with van der Waals surface area (Å²) in [6.07, 6.45) is 1.65. The Morgan fingerprint density at radius 2 is 2.00 bits per heavy atom. The molecule has 19 heavy (non-hydrogen) atoms. The zero-order valence-electron chi connectivity index (χ0n) is 11.2. The molecule has 0 saturated heterocycles. The van der Waals surface area contributed by atoms with Gasteiger partial charge in [0.15, 0.2) is 11.8 Å². The summed E-state index contributed by atoms with van der Waals surface area (Å²) in [5.41, 5.74) is 0.824. The third-order valence-electron chi connectivity index (χ3n) is 3.21. The molecule has 1 aromatic carbocycles. The summed E-state index contributed by atoms with van der Waals surface area (Å²) in [4.78, 5) is 13.2. The number of likely N-dealkylation sites (N-methyl/N-ethyl adjacent to an activating group) is 1. The van der Waals surface area contributed by atoms with Crippen molar-refractivity contribution in [1.82, 2.24) is 0 Å². The maximum Gasteiger partial charge on any atom is 0.282 e. The van der Waals surface area contributed by atoms with Gasteiger partial charge in [0.2, 0.25) is 0 Å². The lowest BCUT2D eigenvalue weighted by atomic mass is 10.2. The number of furan rings is 1. The predicted octanol–water partition coefficient (Wildman–Crippen LogP) is 1.32. The summed E-state index contributed by atoms with van der Waals surface area (Å²) in [6, 6.07) is 13.1. The number of hydrogen-bond donors (Lipinski definition) is 2. The summed E-state index contributed by atoms with van der Waals surface area (Å²) >= 11 is 0. The smallest absolute Gasteiger partial charge is 0.282 e. The minimum atomic E-state index is -0.148. The van der Waals surface area contributed by atoms with Crippen LogP contribution in [-0.4, -0.2) is 19.0 Å². The number of hydrogen-bond acceptors (Lipinski definition) is 2. The molecule has 0 spiro atoms. The molecule has 0 aliphatic heterocycles. The van der Waals surface area contributed by atoms with Gasteiger partial charge in [-0.1, -0.05) is 18.2 Å². The van der Waals surface area contributed by atoms with Gasteiger partial charge in [0.05, 0.1) is 13.3 Å². The monoisotopic (exact) mass is 259 g/mol. The molecule has 2 rings (SSSR count). The highest BCUT2D eigenvalue weighted by atomic mass is 16.3. The van der Waals surface area contributed by atoms with Gasteiger partial charge in [0.1, 0.15) is 6.54 Å². The van der Waals surface area contributed by atoms with Gasteiger partial charge in [0, 0.05) is 5.69 Å². The normalized spacial score (nSPS) is 13.8. The molecule has 0 aliphatic carbocycles. The van der Waals surface area contributed by atoms with E-state index < -0.39 is 0 Å². The van der Waals surface area contributed by atoms with E-state index in [1.54, 1.807) is 6.26 Å². The fourth-order valence-electron chi connectivity index (χ4n) is 1.84. The van der Waals surface area contributed by atoms with Gasteiger partial charge in [-0.3, -0.25) is 4.79 Å². The predicted molar refractivity (Wildman–Crippen MR) is 73.8 cm³/mol. The molecule has 0 bridgehead atoms. The molecule has 2 atom stereocenters. The molecule has 2 N–H and O–H groups in total. The third kappa shape index (κ3) is 3.69. The molecule has 1 aromatic heterocycles. The number of benzene rings is 1. The highest BCUT2D eigenvalue weighted by molar-refractivity contribution is 5.93. The maximum atomic E-state index is 12.1. The number of quaternary nitrogens is 1. The number of carbonyl (C=O) groups is 1. The van der Waals surface area contributed by atoms with E-state index in [1.165, 1.54) is 0 Å². The average Bonchev–Trinajstić information content (AvgIpc) is 2.91. The van der Waals surface area contributed by atoms with E-state index in [9.17, 15) is 4.79 Å². The minimum absolute atomic E-state index is 0.00950. The Morgan fingerprint density at radius 1 is 1.26 bits per heavy atom. The SMILES string of the molecule is C[C@H](C(=O)Nc1ccccc1)[NH+](C)Cc1ccco1. The molecule has 4 nitrogen and oxygen atoms in total. The zero-order chi connectivity index (χ0) is 13.7. The highest BCUT2D eigenvalue weighted by Crippen LogP contribution is 2.05. The molecule has 1 heterocycles. The topological polar surface area (TPSA) is 46.7 Å².